The second-order valence-corrected chi connectivity index (χ2v) is 6.36. The van der Waals surface area contributed by atoms with Gasteiger partial charge in [-0.2, -0.15) is 0 Å². The third-order valence-electron chi connectivity index (χ3n) is 4.16. The molecule has 1 aliphatic rings. The molecule has 0 radical (unpaired) electrons. The van der Waals surface area contributed by atoms with Crippen molar-refractivity contribution in [2.24, 2.45) is 5.41 Å². The van der Waals surface area contributed by atoms with E-state index in [1.165, 1.54) is 19.3 Å². The molecule has 1 aromatic carbocycles. The molecule has 1 unspecified atom stereocenters. The van der Waals surface area contributed by atoms with Gasteiger partial charge in [-0.1, -0.05) is 48.2 Å². The molecular formula is C15H21BrO2. The number of benzene rings is 1. The molecule has 0 bridgehead atoms. The number of hydrogen-bond acceptors (Lipinski definition) is 2. The zero-order valence-electron chi connectivity index (χ0n) is 11.1. The number of aliphatic hydroxyl groups is 1. The first-order chi connectivity index (χ1) is 8.57. The quantitative estimate of drug-likeness (QED) is 0.892. The maximum Gasteiger partial charge on any atom is 0.120 e. The summed E-state index contributed by atoms with van der Waals surface area (Å²) in [5, 5.41) is 10.7. The Labute approximate surface area is 117 Å². The van der Waals surface area contributed by atoms with Gasteiger partial charge in [0.1, 0.15) is 5.75 Å². The van der Waals surface area contributed by atoms with Crippen molar-refractivity contribution in [3.05, 3.63) is 28.2 Å². The van der Waals surface area contributed by atoms with Crippen molar-refractivity contribution >= 4 is 15.9 Å². The lowest BCUT2D eigenvalue weighted by Crippen LogP contribution is -2.28. The highest BCUT2D eigenvalue weighted by Crippen LogP contribution is 2.47. The molecule has 100 valence electrons. The predicted molar refractivity (Wildman–Crippen MR) is 76.8 cm³/mol. The highest BCUT2D eigenvalue weighted by Gasteiger charge is 2.36. The van der Waals surface area contributed by atoms with Crippen LogP contribution in [0.25, 0.3) is 0 Å². The highest BCUT2D eigenvalue weighted by atomic mass is 79.9. The van der Waals surface area contributed by atoms with Gasteiger partial charge in [-0.25, -0.2) is 0 Å². The lowest BCUT2D eigenvalue weighted by molar-refractivity contribution is 0.00768. The highest BCUT2D eigenvalue weighted by molar-refractivity contribution is 9.10. The van der Waals surface area contributed by atoms with Crippen LogP contribution in [0.1, 0.15) is 50.7 Å². The first-order valence-corrected chi connectivity index (χ1v) is 7.38. The summed E-state index contributed by atoms with van der Waals surface area (Å²) in [4.78, 5) is 0. The normalized spacial score (nSPS) is 20.4. The van der Waals surface area contributed by atoms with Crippen LogP contribution in [0.3, 0.4) is 0 Å². The molecule has 1 N–H and O–H groups in total. The fourth-order valence-electron chi connectivity index (χ4n) is 2.86. The van der Waals surface area contributed by atoms with Gasteiger partial charge in [-0.3, -0.25) is 0 Å². The molecule has 0 aromatic heterocycles. The van der Waals surface area contributed by atoms with Crippen molar-refractivity contribution in [2.45, 2.75) is 45.1 Å². The van der Waals surface area contributed by atoms with Crippen LogP contribution in [0.5, 0.6) is 5.75 Å². The molecule has 1 aromatic rings. The van der Waals surface area contributed by atoms with Crippen molar-refractivity contribution in [1.29, 1.82) is 0 Å². The summed E-state index contributed by atoms with van der Waals surface area (Å²) in [6, 6.07) is 5.80. The smallest absolute Gasteiger partial charge is 0.120 e. The van der Waals surface area contributed by atoms with Crippen LogP contribution in [-0.2, 0) is 0 Å². The molecule has 3 heteroatoms. The summed E-state index contributed by atoms with van der Waals surface area (Å²) in [5.41, 5.74) is 0.982. The van der Waals surface area contributed by atoms with Gasteiger partial charge in [0, 0.05) is 4.47 Å². The molecule has 0 aliphatic heterocycles. The van der Waals surface area contributed by atoms with E-state index in [4.69, 9.17) is 4.74 Å². The predicted octanol–water partition coefficient (Wildman–Crippen LogP) is 4.46. The number of methoxy groups -OCH3 is 1. The van der Waals surface area contributed by atoms with Crippen molar-refractivity contribution in [3.63, 3.8) is 0 Å². The summed E-state index contributed by atoms with van der Waals surface area (Å²) in [6.07, 6.45) is 5.55. The molecule has 1 saturated carbocycles. The standard InChI is InChI=1S/C15H21BrO2/c1-15(8-4-3-5-9-15)14(17)12-7-6-11(18-2)10-13(12)16/h6-7,10,14,17H,3-5,8-9H2,1-2H3. The van der Waals surface area contributed by atoms with E-state index < -0.39 is 6.10 Å². The molecule has 1 fully saturated rings. The molecule has 1 aliphatic carbocycles. The molecule has 0 spiro atoms. The molecule has 18 heavy (non-hydrogen) atoms. The molecule has 0 heterocycles. The average Bonchev–Trinajstić information content (AvgIpc) is 2.38. The zero-order chi connectivity index (χ0) is 13.2. The van der Waals surface area contributed by atoms with Crippen molar-refractivity contribution in [2.75, 3.05) is 7.11 Å². The van der Waals surface area contributed by atoms with E-state index in [9.17, 15) is 5.11 Å². The summed E-state index contributed by atoms with van der Waals surface area (Å²) in [6.45, 7) is 2.20. The van der Waals surface area contributed by atoms with Gasteiger partial charge >= 0.3 is 0 Å². The first-order valence-electron chi connectivity index (χ1n) is 6.58. The first kappa shape index (κ1) is 13.9. The third-order valence-corrected chi connectivity index (χ3v) is 4.84. The SMILES string of the molecule is COc1ccc(C(O)C2(C)CCCCC2)c(Br)c1. The molecule has 0 amide bonds. The lowest BCUT2D eigenvalue weighted by atomic mass is 9.70. The van der Waals surface area contributed by atoms with E-state index in [2.05, 4.69) is 22.9 Å². The Morgan fingerprint density at radius 2 is 1.94 bits per heavy atom. The Bertz CT molecular complexity index is 411. The van der Waals surface area contributed by atoms with Gasteiger partial charge in [0.05, 0.1) is 13.2 Å². The fraction of sp³-hybridized carbons (Fsp3) is 0.600. The largest absolute Gasteiger partial charge is 0.497 e. The third kappa shape index (κ3) is 2.72. The van der Waals surface area contributed by atoms with Gasteiger partial charge in [0.25, 0.3) is 0 Å². The molecule has 1 atom stereocenters. The molecule has 2 rings (SSSR count). The molecule has 0 saturated heterocycles. The van der Waals surface area contributed by atoms with Crippen molar-refractivity contribution in [1.82, 2.24) is 0 Å². The van der Waals surface area contributed by atoms with Crippen LogP contribution in [0.2, 0.25) is 0 Å². The Balaban J connectivity index is 2.24. The maximum absolute atomic E-state index is 10.7. The topological polar surface area (TPSA) is 29.5 Å². The summed E-state index contributed by atoms with van der Waals surface area (Å²) in [7, 11) is 1.65. The van der Waals surface area contributed by atoms with E-state index >= 15 is 0 Å². The Hall–Kier alpha value is -0.540. The Kier molecular flexibility index (Phi) is 4.33. The minimum absolute atomic E-state index is 0.00928. The Morgan fingerprint density at radius 3 is 2.50 bits per heavy atom. The minimum atomic E-state index is -0.405. The number of rotatable bonds is 3. The van der Waals surface area contributed by atoms with Crippen LogP contribution < -0.4 is 4.74 Å². The van der Waals surface area contributed by atoms with Gasteiger partial charge in [0.15, 0.2) is 0 Å². The summed E-state index contributed by atoms with van der Waals surface area (Å²) in [5.74, 6) is 0.812. The molecular weight excluding hydrogens is 292 g/mol. The maximum atomic E-state index is 10.7. The van der Waals surface area contributed by atoms with Crippen LogP contribution in [0, 0.1) is 5.41 Å². The second-order valence-electron chi connectivity index (χ2n) is 5.50. The van der Waals surface area contributed by atoms with E-state index in [1.807, 2.05) is 18.2 Å². The number of ether oxygens (including phenoxy) is 1. The molecule has 2 nitrogen and oxygen atoms in total. The zero-order valence-corrected chi connectivity index (χ0v) is 12.7. The van der Waals surface area contributed by atoms with Crippen LogP contribution in [0.15, 0.2) is 22.7 Å². The van der Waals surface area contributed by atoms with Gasteiger partial charge in [-0.05, 0) is 36.0 Å². The van der Waals surface area contributed by atoms with E-state index in [0.717, 1.165) is 28.6 Å². The van der Waals surface area contributed by atoms with Crippen molar-refractivity contribution in [3.8, 4) is 5.75 Å². The monoisotopic (exact) mass is 312 g/mol. The number of halogens is 1. The van der Waals surface area contributed by atoms with E-state index in [0.29, 0.717) is 0 Å². The second kappa shape index (κ2) is 5.62. The van der Waals surface area contributed by atoms with Crippen molar-refractivity contribution < 1.29 is 9.84 Å². The fourth-order valence-corrected chi connectivity index (χ4v) is 3.44. The number of aliphatic hydroxyl groups excluding tert-OH is 1. The Morgan fingerprint density at radius 1 is 1.28 bits per heavy atom. The lowest BCUT2D eigenvalue weighted by Gasteiger charge is -2.38. The van der Waals surface area contributed by atoms with Gasteiger partial charge < -0.3 is 9.84 Å². The van der Waals surface area contributed by atoms with Crippen LogP contribution in [-0.4, -0.2) is 12.2 Å². The average molecular weight is 313 g/mol. The van der Waals surface area contributed by atoms with Gasteiger partial charge in [0.2, 0.25) is 0 Å². The number of hydrogen-bond donors (Lipinski definition) is 1. The van der Waals surface area contributed by atoms with E-state index in [-0.39, 0.29) is 5.41 Å². The minimum Gasteiger partial charge on any atom is -0.497 e. The van der Waals surface area contributed by atoms with Crippen LogP contribution >= 0.6 is 15.9 Å². The van der Waals surface area contributed by atoms with Gasteiger partial charge in [-0.15, -0.1) is 0 Å². The summed E-state index contributed by atoms with van der Waals surface area (Å²) < 4.78 is 6.12. The summed E-state index contributed by atoms with van der Waals surface area (Å²) >= 11 is 3.54. The van der Waals surface area contributed by atoms with Crippen LogP contribution in [0.4, 0.5) is 0 Å². The van der Waals surface area contributed by atoms with E-state index in [1.54, 1.807) is 7.11 Å².